The standard InChI is InChI=1S/C9H11N3O2/c1-7(11-12-9(13)14-2)8-5-3-4-6-10-8/h3-6H,1-2H3,(H,12,13)/b11-7+. The quantitative estimate of drug-likeness (QED) is 0.566. The lowest BCUT2D eigenvalue weighted by atomic mass is 10.3. The van der Waals surface area contributed by atoms with Gasteiger partial charge in [0.05, 0.1) is 18.5 Å². The van der Waals surface area contributed by atoms with Crippen LogP contribution in [0.1, 0.15) is 12.6 Å². The molecule has 74 valence electrons. The SMILES string of the molecule is COC(=O)N/N=C(\C)c1ccccn1. The summed E-state index contributed by atoms with van der Waals surface area (Å²) in [5, 5.41) is 3.79. The molecule has 5 heteroatoms. The number of rotatable bonds is 2. The number of hydrogen-bond acceptors (Lipinski definition) is 4. The van der Waals surface area contributed by atoms with Gasteiger partial charge in [-0.05, 0) is 19.1 Å². The second kappa shape index (κ2) is 4.96. The molecule has 0 aliphatic carbocycles. The predicted octanol–water partition coefficient (Wildman–Crippen LogP) is 1.16. The highest BCUT2D eigenvalue weighted by Gasteiger charge is 1.99. The molecule has 0 aliphatic heterocycles. The first kappa shape index (κ1) is 10.2. The normalized spacial score (nSPS) is 10.9. The second-order valence-electron chi connectivity index (χ2n) is 2.52. The first-order valence-corrected chi connectivity index (χ1v) is 4.03. The molecule has 0 radical (unpaired) electrons. The number of nitrogens with zero attached hydrogens (tertiary/aromatic N) is 2. The molecule has 0 saturated heterocycles. The van der Waals surface area contributed by atoms with Gasteiger partial charge in [0.15, 0.2) is 0 Å². The van der Waals surface area contributed by atoms with Gasteiger partial charge in [-0.1, -0.05) is 6.07 Å². The van der Waals surface area contributed by atoms with E-state index in [1.54, 1.807) is 19.2 Å². The van der Waals surface area contributed by atoms with E-state index in [0.717, 1.165) is 0 Å². The fourth-order valence-electron chi connectivity index (χ4n) is 0.809. The summed E-state index contributed by atoms with van der Waals surface area (Å²) in [6, 6.07) is 5.46. The number of methoxy groups -OCH3 is 1. The summed E-state index contributed by atoms with van der Waals surface area (Å²) in [6.07, 6.45) is 1.06. The van der Waals surface area contributed by atoms with Crippen molar-refractivity contribution in [2.45, 2.75) is 6.92 Å². The molecule has 1 aromatic rings. The summed E-state index contributed by atoms with van der Waals surface area (Å²) in [7, 11) is 1.28. The maximum atomic E-state index is 10.7. The van der Waals surface area contributed by atoms with E-state index in [0.29, 0.717) is 11.4 Å². The number of carbonyl (C=O) groups is 1. The topological polar surface area (TPSA) is 63.6 Å². The molecule has 1 amide bonds. The third-order valence-electron chi connectivity index (χ3n) is 1.54. The molecule has 14 heavy (non-hydrogen) atoms. The molecular weight excluding hydrogens is 182 g/mol. The number of hydrogen-bond donors (Lipinski definition) is 1. The van der Waals surface area contributed by atoms with Crippen molar-refractivity contribution in [3.8, 4) is 0 Å². The third-order valence-corrected chi connectivity index (χ3v) is 1.54. The monoisotopic (exact) mass is 193 g/mol. The molecule has 0 atom stereocenters. The Kier molecular flexibility index (Phi) is 3.60. The number of hydrazone groups is 1. The Hall–Kier alpha value is -1.91. The summed E-state index contributed by atoms with van der Waals surface area (Å²) in [5.41, 5.74) is 3.55. The zero-order valence-electron chi connectivity index (χ0n) is 8.02. The Morgan fingerprint density at radius 2 is 2.36 bits per heavy atom. The minimum atomic E-state index is -0.597. The van der Waals surface area contributed by atoms with Gasteiger partial charge >= 0.3 is 6.09 Å². The smallest absolute Gasteiger partial charge is 0.427 e. The first-order valence-electron chi connectivity index (χ1n) is 4.03. The molecule has 0 unspecified atom stereocenters. The van der Waals surface area contributed by atoms with Gasteiger partial charge in [-0.15, -0.1) is 0 Å². The Labute approximate surface area is 81.8 Å². The summed E-state index contributed by atoms with van der Waals surface area (Å²) in [4.78, 5) is 14.7. The molecule has 0 aliphatic rings. The van der Waals surface area contributed by atoms with Gasteiger partial charge < -0.3 is 4.74 Å². The average molecular weight is 193 g/mol. The summed E-state index contributed by atoms with van der Waals surface area (Å²) < 4.78 is 4.36. The van der Waals surface area contributed by atoms with Crippen LogP contribution < -0.4 is 5.43 Å². The lowest BCUT2D eigenvalue weighted by Gasteiger charge is -1.99. The zero-order valence-corrected chi connectivity index (χ0v) is 8.02. The molecule has 1 rings (SSSR count). The number of nitrogens with one attached hydrogen (secondary N) is 1. The van der Waals surface area contributed by atoms with E-state index in [2.05, 4.69) is 20.2 Å². The first-order chi connectivity index (χ1) is 6.74. The van der Waals surface area contributed by atoms with Crippen LogP contribution in [0.5, 0.6) is 0 Å². The van der Waals surface area contributed by atoms with Crippen molar-refractivity contribution in [2.75, 3.05) is 7.11 Å². The van der Waals surface area contributed by atoms with Gasteiger partial charge in [0.1, 0.15) is 0 Å². The van der Waals surface area contributed by atoms with E-state index >= 15 is 0 Å². The van der Waals surface area contributed by atoms with Gasteiger partial charge in [-0.3, -0.25) is 4.98 Å². The minimum absolute atomic E-state index is 0.597. The van der Waals surface area contributed by atoms with E-state index in [9.17, 15) is 4.79 Å². The third kappa shape index (κ3) is 2.85. The average Bonchev–Trinajstić information content (AvgIpc) is 2.26. The minimum Gasteiger partial charge on any atom is -0.452 e. The van der Waals surface area contributed by atoms with E-state index in [-0.39, 0.29) is 0 Å². The number of amides is 1. The number of carbonyl (C=O) groups excluding carboxylic acids is 1. The van der Waals surface area contributed by atoms with Gasteiger partial charge in [0.2, 0.25) is 0 Å². The molecule has 1 heterocycles. The molecular formula is C9H11N3O2. The Balaban J connectivity index is 2.66. The van der Waals surface area contributed by atoms with E-state index < -0.39 is 6.09 Å². The van der Waals surface area contributed by atoms with Crippen LogP contribution in [0.2, 0.25) is 0 Å². The van der Waals surface area contributed by atoms with Crippen LogP contribution in [0.25, 0.3) is 0 Å². The van der Waals surface area contributed by atoms with Gasteiger partial charge in [-0.2, -0.15) is 5.10 Å². The Morgan fingerprint density at radius 1 is 1.57 bits per heavy atom. The molecule has 1 N–H and O–H groups in total. The number of aromatic nitrogens is 1. The van der Waals surface area contributed by atoms with Crippen molar-refractivity contribution in [1.82, 2.24) is 10.4 Å². The summed E-state index contributed by atoms with van der Waals surface area (Å²) in [5.74, 6) is 0. The molecule has 0 bridgehead atoms. The highest BCUT2D eigenvalue weighted by Crippen LogP contribution is 1.94. The van der Waals surface area contributed by atoms with Crippen molar-refractivity contribution in [3.05, 3.63) is 30.1 Å². The molecule has 0 aromatic carbocycles. The van der Waals surface area contributed by atoms with Crippen molar-refractivity contribution in [2.24, 2.45) is 5.10 Å². The van der Waals surface area contributed by atoms with Crippen LogP contribution in [0, 0.1) is 0 Å². The molecule has 5 nitrogen and oxygen atoms in total. The van der Waals surface area contributed by atoms with E-state index in [1.807, 2.05) is 12.1 Å². The molecule has 0 fully saturated rings. The maximum Gasteiger partial charge on any atom is 0.427 e. The number of pyridine rings is 1. The van der Waals surface area contributed by atoms with Crippen LogP contribution >= 0.6 is 0 Å². The molecule has 0 saturated carbocycles. The highest BCUT2D eigenvalue weighted by atomic mass is 16.5. The predicted molar refractivity (Wildman–Crippen MR) is 52.0 cm³/mol. The fourth-order valence-corrected chi connectivity index (χ4v) is 0.809. The lowest BCUT2D eigenvalue weighted by molar-refractivity contribution is 0.171. The summed E-state index contributed by atoms with van der Waals surface area (Å²) in [6.45, 7) is 1.75. The largest absolute Gasteiger partial charge is 0.452 e. The Morgan fingerprint density at radius 3 is 2.93 bits per heavy atom. The van der Waals surface area contributed by atoms with Gasteiger partial charge in [-0.25, -0.2) is 10.2 Å². The van der Waals surface area contributed by atoms with Crippen LogP contribution in [-0.2, 0) is 4.74 Å². The lowest BCUT2D eigenvalue weighted by Crippen LogP contribution is -2.18. The molecule has 0 spiro atoms. The molecule has 1 aromatic heterocycles. The maximum absolute atomic E-state index is 10.7. The van der Waals surface area contributed by atoms with Crippen LogP contribution in [0.4, 0.5) is 4.79 Å². The van der Waals surface area contributed by atoms with E-state index in [1.165, 1.54) is 7.11 Å². The van der Waals surface area contributed by atoms with Crippen molar-refractivity contribution < 1.29 is 9.53 Å². The van der Waals surface area contributed by atoms with Crippen molar-refractivity contribution in [1.29, 1.82) is 0 Å². The van der Waals surface area contributed by atoms with Crippen molar-refractivity contribution >= 4 is 11.8 Å². The second-order valence-corrected chi connectivity index (χ2v) is 2.52. The van der Waals surface area contributed by atoms with Gasteiger partial charge in [0.25, 0.3) is 0 Å². The zero-order chi connectivity index (χ0) is 10.4. The Bertz CT molecular complexity index is 335. The van der Waals surface area contributed by atoms with Gasteiger partial charge in [0, 0.05) is 6.20 Å². The summed E-state index contributed by atoms with van der Waals surface area (Å²) >= 11 is 0. The van der Waals surface area contributed by atoms with Crippen molar-refractivity contribution in [3.63, 3.8) is 0 Å². The van der Waals surface area contributed by atoms with Crippen LogP contribution in [0.3, 0.4) is 0 Å². The van der Waals surface area contributed by atoms with Crippen LogP contribution in [-0.4, -0.2) is 23.9 Å². The fraction of sp³-hybridized carbons (Fsp3) is 0.222. The highest BCUT2D eigenvalue weighted by molar-refractivity contribution is 5.97. The van der Waals surface area contributed by atoms with Crippen LogP contribution in [0.15, 0.2) is 29.5 Å². The van der Waals surface area contributed by atoms with E-state index in [4.69, 9.17) is 0 Å². The number of ether oxygens (including phenoxy) is 1.